The quantitative estimate of drug-likeness (QED) is 0.692. The van der Waals surface area contributed by atoms with Crippen LogP contribution in [-0.4, -0.2) is 20.4 Å². The van der Waals surface area contributed by atoms with Crippen molar-refractivity contribution in [1.29, 1.82) is 0 Å². The minimum absolute atomic E-state index is 0.439. The van der Waals surface area contributed by atoms with Crippen molar-refractivity contribution in [2.75, 3.05) is 0 Å². The molecule has 0 aliphatic heterocycles. The van der Waals surface area contributed by atoms with Gasteiger partial charge < -0.3 is 15.0 Å². The molecule has 1 fully saturated rings. The van der Waals surface area contributed by atoms with Crippen LogP contribution in [0, 0.1) is 6.92 Å². The summed E-state index contributed by atoms with van der Waals surface area (Å²) in [4.78, 5) is 20.4. The average Bonchev–Trinajstić information content (AvgIpc) is 3.29. The van der Waals surface area contributed by atoms with Crippen molar-refractivity contribution in [2.45, 2.75) is 25.8 Å². The highest BCUT2D eigenvalue weighted by Crippen LogP contribution is 2.40. The molecule has 2 heterocycles. The van der Waals surface area contributed by atoms with Crippen LogP contribution in [0.1, 0.15) is 34.8 Å². The summed E-state index contributed by atoms with van der Waals surface area (Å²) < 4.78 is 8.74. The van der Waals surface area contributed by atoms with E-state index in [1.165, 1.54) is 0 Å². The molecule has 0 atom stereocenters. The predicted molar refractivity (Wildman–Crippen MR) is 93.3 cm³/mol. The van der Waals surface area contributed by atoms with Crippen LogP contribution in [0.2, 0.25) is 0 Å². The number of halogens is 1. The van der Waals surface area contributed by atoms with Gasteiger partial charge in [-0.25, -0.2) is 9.97 Å². The summed E-state index contributed by atoms with van der Waals surface area (Å²) in [6.07, 6.45) is 4.10. The van der Waals surface area contributed by atoms with E-state index in [0.29, 0.717) is 27.8 Å². The molecule has 1 amide bonds. The smallest absolute Gasteiger partial charge is 0.249 e. The van der Waals surface area contributed by atoms with Gasteiger partial charge in [0.05, 0.1) is 11.8 Å². The summed E-state index contributed by atoms with van der Waals surface area (Å²) in [5.41, 5.74) is 8.35. The normalized spacial score (nSPS) is 14.1. The number of nitrogens with zero attached hydrogens (tertiary/aromatic N) is 3. The molecule has 122 valence electrons. The maximum atomic E-state index is 11.5. The number of imidazole rings is 1. The second kappa shape index (κ2) is 5.59. The first-order chi connectivity index (χ1) is 11.5. The molecule has 24 heavy (non-hydrogen) atoms. The van der Waals surface area contributed by atoms with E-state index in [9.17, 15) is 4.79 Å². The largest absolute Gasteiger partial charge is 0.437 e. The Hall–Kier alpha value is -2.41. The van der Waals surface area contributed by atoms with Crippen LogP contribution >= 0.6 is 15.9 Å². The standard InChI is InChI=1S/C17H15BrN4O2/c1-9-2-5-11(6-12(9)16(19)23)24-17-15-13(7-14(18)21-17)20-8-22(15)10-3-4-10/h2,5-8,10H,3-4H2,1H3,(H2,19,23). The number of hydrogen-bond acceptors (Lipinski definition) is 4. The highest BCUT2D eigenvalue weighted by Gasteiger charge is 2.27. The zero-order valence-corrected chi connectivity index (χ0v) is 14.6. The Bertz CT molecular complexity index is 963. The number of amides is 1. The minimum Gasteiger partial charge on any atom is -0.437 e. The summed E-state index contributed by atoms with van der Waals surface area (Å²) in [5.74, 6) is 0.501. The van der Waals surface area contributed by atoms with E-state index in [1.807, 2.05) is 25.4 Å². The van der Waals surface area contributed by atoms with Crippen LogP contribution in [0.5, 0.6) is 11.6 Å². The second-order valence-corrected chi connectivity index (χ2v) is 6.76. The zero-order chi connectivity index (χ0) is 16.8. The van der Waals surface area contributed by atoms with Crippen molar-refractivity contribution in [3.05, 3.63) is 46.3 Å². The van der Waals surface area contributed by atoms with Gasteiger partial charge in [0.25, 0.3) is 0 Å². The SMILES string of the molecule is Cc1ccc(Oc2nc(Br)cc3ncn(C4CC4)c23)cc1C(N)=O. The number of fused-ring (bicyclic) bond motifs is 1. The second-order valence-electron chi connectivity index (χ2n) is 5.94. The average molecular weight is 387 g/mol. The van der Waals surface area contributed by atoms with E-state index in [4.69, 9.17) is 10.5 Å². The topological polar surface area (TPSA) is 83.0 Å². The fraction of sp³-hybridized carbons (Fsp3) is 0.235. The van der Waals surface area contributed by atoms with Gasteiger partial charge in [0.2, 0.25) is 11.8 Å². The molecule has 1 saturated carbocycles. The van der Waals surface area contributed by atoms with Gasteiger partial charge in [0.15, 0.2) is 0 Å². The van der Waals surface area contributed by atoms with Gasteiger partial charge in [-0.2, -0.15) is 0 Å². The number of carbonyl (C=O) groups excluding carboxylic acids is 1. The van der Waals surface area contributed by atoms with Gasteiger partial charge in [-0.05, 0) is 59.5 Å². The number of primary amides is 1. The summed E-state index contributed by atoms with van der Waals surface area (Å²) in [7, 11) is 0. The third kappa shape index (κ3) is 2.65. The number of carbonyl (C=O) groups is 1. The molecule has 6 nitrogen and oxygen atoms in total. The lowest BCUT2D eigenvalue weighted by Gasteiger charge is -2.11. The molecular formula is C17H15BrN4O2. The van der Waals surface area contributed by atoms with Gasteiger partial charge in [-0.1, -0.05) is 6.07 Å². The van der Waals surface area contributed by atoms with Crippen molar-refractivity contribution >= 4 is 32.9 Å². The van der Waals surface area contributed by atoms with Crippen LogP contribution in [0.4, 0.5) is 0 Å². The van der Waals surface area contributed by atoms with Gasteiger partial charge >= 0.3 is 0 Å². The van der Waals surface area contributed by atoms with E-state index in [2.05, 4.69) is 30.5 Å². The Morgan fingerprint density at radius 3 is 2.88 bits per heavy atom. The number of ether oxygens (including phenoxy) is 1. The molecule has 0 unspecified atom stereocenters. The van der Waals surface area contributed by atoms with Gasteiger partial charge in [0.1, 0.15) is 15.9 Å². The maximum absolute atomic E-state index is 11.5. The van der Waals surface area contributed by atoms with Crippen molar-refractivity contribution < 1.29 is 9.53 Å². The molecule has 3 aromatic rings. The Balaban J connectivity index is 1.80. The number of rotatable bonds is 4. The molecule has 0 radical (unpaired) electrons. The first-order valence-electron chi connectivity index (χ1n) is 7.64. The molecule has 1 aliphatic carbocycles. The number of benzene rings is 1. The third-order valence-electron chi connectivity index (χ3n) is 4.12. The van der Waals surface area contributed by atoms with Crippen LogP contribution < -0.4 is 10.5 Å². The number of nitrogens with two attached hydrogens (primary N) is 1. The summed E-state index contributed by atoms with van der Waals surface area (Å²) in [5, 5.41) is 0. The van der Waals surface area contributed by atoms with Gasteiger partial charge in [0, 0.05) is 11.6 Å². The minimum atomic E-state index is -0.478. The van der Waals surface area contributed by atoms with E-state index < -0.39 is 5.91 Å². The number of pyridine rings is 1. The van der Waals surface area contributed by atoms with Crippen molar-refractivity contribution in [3.63, 3.8) is 0 Å². The Labute approximate surface area is 146 Å². The van der Waals surface area contributed by atoms with Crippen LogP contribution in [0.25, 0.3) is 11.0 Å². The summed E-state index contributed by atoms with van der Waals surface area (Å²) in [6.45, 7) is 1.83. The molecule has 4 rings (SSSR count). The number of aryl methyl sites for hydroxylation is 1. The fourth-order valence-corrected chi connectivity index (χ4v) is 3.12. The molecule has 2 N–H and O–H groups in total. The lowest BCUT2D eigenvalue weighted by molar-refractivity contribution is 0.0999. The van der Waals surface area contributed by atoms with Crippen LogP contribution in [-0.2, 0) is 0 Å². The van der Waals surface area contributed by atoms with E-state index >= 15 is 0 Å². The molecule has 0 saturated heterocycles. The molecule has 1 aliphatic rings. The van der Waals surface area contributed by atoms with Crippen molar-refractivity contribution in [1.82, 2.24) is 14.5 Å². The van der Waals surface area contributed by atoms with Crippen molar-refractivity contribution in [2.24, 2.45) is 5.73 Å². The van der Waals surface area contributed by atoms with E-state index in [-0.39, 0.29) is 0 Å². The Morgan fingerprint density at radius 2 is 2.17 bits per heavy atom. The lowest BCUT2D eigenvalue weighted by atomic mass is 10.1. The van der Waals surface area contributed by atoms with Gasteiger partial charge in [-0.15, -0.1) is 0 Å². The third-order valence-corrected chi connectivity index (χ3v) is 4.52. The number of aromatic nitrogens is 3. The highest BCUT2D eigenvalue weighted by molar-refractivity contribution is 9.10. The molecular weight excluding hydrogens is 372 g/mol. The predicted octanol–water partition coefficient (Wildman–Crippen LogP) is 3.73. The summed E-state index contributed by atoms with van der Waals surface area (Å²) >= 11 is 3.39. The monoisotopic (exact) mass is 386 g/mol. The van der Waals surface area contributed by atoms with Crippen molar-refractivity contribution in [3.8, 4) is 11.6 Å². The molecule has 7 heteroatoms. The first kappa shape index (κ1) is 15.1. The maximum Gasteiger partial charge on any atom is 0.249 e. The number of hydrogen-bond donors (Lipinski definition) is 1. The highest BCUT2D eigenvalue weighted by atomic mass is 79.9. The fourth-order valence-electron chi connectivity index (χ4n) is 2.74. The summed E-state index contributed by atoms with van der Waals surface area (Å²) in [6, 6.07) is 7.57. The first-order valence-corrected chi connectivity index (χ1v) is 8.43. The van der Waals surface area contributed by atoms with E-state index in [0.717, 1.165) is 29.4 Å². The Kier molecular flexibility index (Phi) is 3.53. The van der Waals surface area contributed by atoms with Crippen LogP contribution in [0.3, 0.4) is 0 Å². The molecule has 0 spiro atoms. The van der Waals surface area contributed by atoms with Gasteiger partial charge in [-0.3, -0.25) is 4.79 Å². The zero-order valence-electron chi connectivity index (χ0n) is 13.0. The molecule has 0 bridgehead atoms. The lowest BCUT2D eigenvalue weighted by Crippen LogP contribution is -2.12. The Morgan fingerprint density at radius 1 is 1.38 bits per heavy atom. The molecule has 2 aromatic heterocycles. The van der Waals surface area contributed by atoms with Crippen LogP contribution in [0.15, 0.2) is 35.2 Å². The van der Waals surface area contributed by atoms with E-state index in [1.54, 1.807) is 12.1 Å². The molecule has 1 aromatic carbocycles.